The van der Waals surface area contributed by atoms with Gasteiger partial charge in [0.1, 0.15) is 11.6 Å². The number of nitrogens with one attached hydrogen (secondary N) is 2. The molecule has 0 fully saturated rings. The summed E-state index contributed by atoms with van der Waals surface area (Å²) in [7, 11) is 0. The van der Waals surface area contributed by atoms with Crippen LogP contribution in [0, 0.1) is 12.7 Å². The van der Waals surface area contributed by atoms with Gasteiger partial charge in [-0.2, -0.15) is 13.9 Å². The quantitative estimate of drug-likeness (QED) is 0.577. The third-order valence-corrected chi connectivity index (χ3v) is 4.06. The van der Waals surface area contributed by atoms with E-state index in [1.807, 2.05) is 6.92 Å². The smallest absolute Gasteiger partial charge is 0.387 e. The zero-order valence-electron chi connectivity index (χ0n) is 14.8. The minimum absolute atomic E-state index is 0.0251. The summed E-state index contributed by atoms with van der Waals surface area (Å²) >= 11 is 5.22. The first kappa shape index (κ1) is 19.7. The highest BCUT2D eigenvalue weighted by Crippen LogP contribution is 2.25. The van der Waals surface area contributed by atoms with E-state index < -0.39 is 6.61 Å². The number of alkyl halides is 2. The highest BCUT2D eigenvalue weighted by molar-refractivity contribution is 7.80. The maximum absolute atomic E-state index is 13.8. The fraction of sp³-hybridized carbons (Fsp3) is 0.158. The van der Waals surface area contributed by atoms with Gasteiger partial charge in [-0.05, 0) is 37.3 Å². The average molecular weight is 406 g/mol. The fourth-order valence-corrected chi connectivity index (χ4v) is 2.77. The molecule has 3 rings (SSSR count). The maximum Gasteiger partial charge on any atom is 0.387 e. The predicted octanol–water partition coefficient (Wildman–Crippen LogP) is 4.79. The summed E-state index contributed by atoms with van der Waals surface area (Å²) in [6.07, 6.45) is 0. The molecular formula is C19H17F3N4OS. The first-order valence-corrected chi connectivity index (χ1v) is 8.73. The Bertz CT molecular complexity index is 977. The summed E-state index contributed by atoms with van der Waals surface area (Å²) in [5.41, 5.74) is 1.61. The van der Waals surface area contributed by atoms with Crippen molar-refractivity contribution >= 4 is 28.8 Å². The Morgan fingerprint density at radius 1 is 1.14 bits per heavy atom. The molecule has 0 atom stereocenters. The van der Waals surface area contributed by atoms with Gasteiger partial charge in [0, 0.05) is 17.3 Å². The van der Waals surface area contributed by atoms with Crippen LogP contribution >= 0.6 is 12.2 Å². The summed E-state index contributed by atoms with van der Waals surface area (Å²) in [6, 6.07) is 14.4. The molecule has 0 spiro atoms. The van der Waals surface area contributed by atoms with E-state index in [1.54, 1.807) is 47.1 Å². The average Bonchev–Trinajstić information content (AvgIpc) is 2.97. The minimum atomic E-state index is -2.94. The van der Waals surface area contributed by atoms with Gasteiger partial charge in [-0.25, -0.2) is 4.39 Å². The van der Waals surface area contributed by atoms with Gasteiger partial charge in [-0.15, -0.1) is 0 Å². The van der Waals surface area contributed by atoms with Crippen molar-refractivity contribution in [3.8, 4) is 5.75 Å². The molecule has 1 aromatic heterocycles. The van der Waals surface area contributed by atoms with Gasteiger partial charge in [-0.1, -0.05) is 30.3 Å². The van der Waals surface area contributed by atoms with Crippen LogP contribution in [-0.4, -0.2) is 21.5 Å². The number of rotatable bonds is 6. The molecule has 1 heterocycles. The van der Waals surface area contributed by atoms with Gasteiger partial charge < -0.3 is 15.4 Å². The van der Waals surface area contributed by atoms with Crippen LogP contribution in [0.4, 0.5) is 24.7 Å². The van der Waals surface area contributed by atoms with E-state index in [4.69, 9.17) is 12.2 Å². The SMILES string of the molecule is Cc1cc(NC(=S)Nc2ccccc2OC(F)F)nn1Cc1ccccc1F. The molecule has 5 nitrogen and oxygen atoms in total. The van der Waals surface area contributed by atoms with Crippen LogP contribution < -0.4 is 15.4 Å². The summed E-state index contributed by atoms with van der Waals surface area (Å²) < 4.78 is 44.9. The lowest BCUT2D eigenvalue weighted by Gasteiger charge is -2.13. The Hall–Kier alpha value is -3.07. The Labute approximate surface area is 165 Å². The lowest BCUT2D eigenvalue weighted by molar-refractivity contribution is -0.0493. The number of nitrogens with zero attached hydrogens (tertiary/aromatic N) is 2. The molecule has 0 radical (unpaired) electrons. The Morgan fingerprint density at radius 3 is 2.61 bits per heavy atom. The third kappa shape index (κ3) is 5.01. The summed E-state index contributed by atoms with van der Waals surface area (Å²) in [6.45, 7) is -0.839. The van der Waals surface area contributed by atoms with Crippen molar-refractivity contribution in [2.75, 3.05) is 10.6 Å². The van der Waals surface area contributed by atoms with Crippen LogP contribution in [0.1, 0.15) is 11.3 Å². The number of hydrogen-bond donors (Lipinski definition) is 2. The van der Waals surface area contributed by atoms with Crippen molar-refractivity contribution in [3.63, 3.8) is 0 Å². The molecule has 0 aliphatic rings. The van der Waals surface area contributed by atoms with Gasteiger partial charge in [0.25, 0.3) is 0 Å². The van der Waals surface area contributed by atoms with Crippen molar-refractivity contribution in [3.05, 3.63) is 71.7 Å². The van der Waals surface area contributed by atoms with Crippen LogP contribution in [0.5, 0.6) is 5.75 Å². The number of ether oxygens (including phenoxy) is 1. The Morgan fingerprint density at radius 2 is 1.86 bits per heavy atom. The lowest BCUT2D eigenvalue weighted by Crippen LogP contribution is -2.20. The van der Waals surface area contributed by atoms with Gasteiger partial charge in [-0.3, -0.25) is 4.68 Å². The molecule has 9 heteroatoms. The van der Waals surface area contributed by atoms with E-state index in [9.17, 15) is 13.2 Å². The number of thiocarbonyl (C=S) groups is 1. The largest absolute Gasteiger partial charge is 0.433 e. The molecule has 0 saturated heterocycles. The lowest BCUT2D eigenvalue weighted by atomic mass is 10.2. The molecule has 0 unspecified atom stereocenters. The zero-order chi connectivity index (χ0) is 20.1. The summed E-state index contributed by atoms with van der Waals surface area (Å²) in [5.74, 6) is 0.112. The number of benzene rings is 2. The number of halogens is 3. The standard InChI is InChI=1S/C19H17F3N4OS/c1-12-10-17(25-26(12)11-13-6-2-3-7-14(13)20)24-19(28)23-15-8-4-5-9-16(15)27-18(21)22/h2-10,18H,11H2,1H3,(H2,23,24,25,28). The molecule has 2 N–H and O–H groups in total. The number of aryl methyl sites for hydroxylation is 1. The van der Waals surface area contributed by atoms with Crippen molar-refractivity contribution in [1.29, 1.82) is 0 Å². The maximum atomic E-state index is 13.8. The van der Waals surface area contributed by atoms with Crippen molar-refractivity contribution in [2.24, 2.45) is 0 Å². The minimum Gasteiger partial charge on any atom is -0.433 e. The van der Waals surface area contributed by atoms with Gasteiger partial charge in [0.05, 0.1) is 12.2 Å². The molecule has 3 aromatic rings. The second kappa shape index (κ2) is 8.75. The summed E-state index contributed by atoms with van der Waals surface area (Å²) in [5, 5.41) is 10.2. The van der Waals surface area contributed by atoms with E-state index >= 15 is 0 Å². The first-order valence-electron chi connectivity index (χ1n) is 8.32. The van der Waals surface area contributed by atoms with Crippen molar-refractivity contribution in [1.82, 2.24) is 9.78 Å². The van der Waals surface area contributed by atoms with Crippen LogP contribution in [0.15, 0.2) is 54.6 Å². The second-order valence-corrected chi connectivity index (χ2v) is 6.28. The monoisotopic (exact) mass is 406 g/mol. The fourth-order valence-electron chi connectivity index (χ4n) is 2.56. The zero-order valence-corrected chi connectivity index (χ0v) is 15.6. The topological polar surface area (TPSA) is 51.1 Å². The number of anilines is 2. The molecule has 28 heavy (non-hydrogen) atoms. The molecule has 0 aliphatic carbocycles. The molecule has 0 aliphatic heterocycles. The summed E-state index contributed by atoms with van der Waals surface area (Å²) in [4.78, 5) is 0. The number of hydrogen-bond acceptors (Lipinski definition) is 3. The first-order chi connectivity index (χ1) is 13.4. The van der Waals surface area contributed by atoms with Crippen LogP contribution in [0.2, 0.25) is 0 Å². The van der Waals surface area contributed by atoms with Crippen molar-refractivity contribution in [2.45, 2.75) is 20.1 Å². The van der Waals surface area contributed by atoms with Gasteiger partial charge >= 0.3 is 6.61 Å². The molecule has 0 amide bonds. The predicted molar refractivity (Wildman–Crippen MR) is 105 cm³/mol. The number of para-hydroxylation sites is 2. The van der Waals surface area contributed by atoms with Crippen LogP contribution in [0.3, 0.4) is 0 Å². The highest BCUT2D eigenvalue weighted by Gasteiger charge is 2.12. The van der Waals surface area contributed by atoms with Crippen LogP contribution in [-0.2, 0) is 6.54 Å². The Balaban J connectivity index is 1.68. The third-order valence-electron chi connectivity index (χ3n) is 3.85. The van der Waals surface area contributed by atoms with Gasteiger partial charge in [0.15, 0.2) is 10.9 Å². The van der Waals surface area contributed by atoms with E-state index in [1.165, 1.54) is 12.1 Å². The molecule has 2 aromatic carbocycles. The number of aromatic nitrogens is 2. The van der Waals surface area contributed by atoms with Crippen molar-refractivity contribution < 1.29 is 17.9 Å². The van der Waals surface area contributed by atoms with E-state index in [-0.39, 0.29) is 23.2 Å². The van der Waals surface area contributed by atoms with E-state index in [0.29, 0.717) is 17.1 Å². The highest BCUT2D eigenvalue weighted by atomic mass is 32.1. The van der Waals surface area contributed by atoms with Crippen LogP contribution in [0.25, 0.3) is 0 Å². The Kier molecular flexibility index (Phi) is 6.15. The molecule has 0 bridgehead atoms. The molecule has 146 valence electrons. The molecular weight excluding hydrogens is 389 g/mol. The van der Waals surface area contributed by atoms with Gasteiger partial charge in [0.2, 0.25) is 0 Å². The molecule has 0 saturated carbocycles. The van der Waals surface area contributed by atoms with E-state index in [2.05, 4.69) is 20.5 Å². The normalized spacial score (nSPS) is 10.8. The van der Waals surface area contributed by atoms with E-state index in [0.717, 1.165) is 5.69 Å². The second-order valence-electron chi connectivity index (χ2n) is 5.87.